The number of rotatable bonds is 6. The molecule has 3 nitrogen and oxygen atoms in total. The Labute approximate surface area is 124 Å². The van der Waals surface area contributed by atoms with E-state index in [4.69, 9.17) is 28.9 Å². The molecule has 0 bridgehead atoms. The average Bonchev–Trinajstić information content (AvgIpc) is 2.32. The maximum atomic E-state index is 11.9. The molecule has 5 heteroatoms. The van der Waals surface area contributed by atoms with E-state index >= 15 is 0 Å². The number of carbonyl (C=O) groups excluding carboxylic acids is 1. The zero-order valence-electron chi connectivity index (χ0n) is 11.2. The highest BCUT2D eigenvalue weighted by atomic mass is 35.5. The maximum Gasteiger partial charge on any atom is 0.223 e. The third-order valence-corrected chi connectivity index (χ3v) is 3.47. The third kappa shape index (κ3) is 5.81. The fourth-order valence-electron chi connectivity index (χ4n) is 1.71. The van der Waals surface area contributed by atoms with Crippen molar-refractivity contribution in [1.82, 2.24) is 5.32 Å². The third-order valence-electron chi connectivity index (χ3n) is 2.89. The largest absolute Gasteiger partial charge is 0.356 e. The van der Waals surface area contributed by atoms with Crippen LogP contribution in [0.4, 0.5) is 0 Å². The van der Waals surface area contributed by atoms with Gasteiger partial charge in [0.1, 0.15) is 0 Å². The Morgan fingerprint density at radius 2 is 2.05 bits per heavy atom. The summed E-state index contributed by atoms with van der Waals surface area (Å²) in [5.74, 6) is -0.113. The van der Waals surface area contributed by atoms with Crippen molar-refractivity contribution >= 4 is 29.1 Å². The lowest BCUT2D eigenvalue weighted by Gasteiger charge is -2.14. The van der Waals surface area contributed by atoms with Gasteiger partial charge in [0.2, 0.25) is 5.91 Å². The van der Waals surface area contributed by atoms with Crippen LogP contribution in [-0.4, -0.2) is 18.5 Å². The van der Waals surface area contributed by atoms with Crippen molar-refractivity contribution in [3.05, 3.63) is 33.8 Å². The van der Waals surface area contributed by atoms with E-state index in [2.05, 4.69) is 5.32 Å². The maximum absolute atomic E-state index is 11.9. The van der Waals surface area contributed by atoms with Gasteiger partial charge in [-0.1, -0.05) is 36.2 Å². The summed E-state index contributed by atoms with van der Waals surface area (Å²) in [6, 6.07) is 5.43. The van der Waals surface area contributed by atoms with Gasteiger partial charge in [0.25, 0.3) is 0 Å². The molecule has 0 aliphatic heterocycles. The summed E-state index contributed by atoms with van der Waals surface area (Å²) in [6.07, 6.45) is 1.38. The molecule has 1 amide bonds. The van der Waals surface area contributed by atoms with Crippen LogP contribution in [0.1, 0.15) is 25.8 Å². The Hall–Kier alpha value is -0.770. The average molecular weight is 303 g/mol. The fourth-order valence-corrected chi connectivity index (χ4v) is 2.19. The zero-order valence-corrected chi connectivity index (χ0v) is 12.8. The topological polar surface area (TPSA) is 55.1 Å². The van der Waals surface area contributed by atoms with E-state index in [1.54, 1.807) is 12.1 Å². The van der Waals surface area contributed by atoms with Gasteiger partial charge in [-0.05, 0) is 37.5 Å². The van der Waals surface area contributed by atoms with E-state index in [-0.39, 0.29) is 17.9 Å². The molecule has 0 spiro atoms. The van der Waals surface area contributed by atoms with Gasteiger partial charge >= 0.3 is 0 Å². The number of halogens is 2. The molecule has 0 fully saturated rings. The van der Waals surface area contributed by atoms with Gasteiger partial charge < -0.3 is 11.1 Å². The Kier molecular flexibility index (Phi) is 6.63. The van der Waals surface area contributed by atoms with E-state index < -0.39 is 0 Å². The first-order chi connectivity index (χ1) is 8.90. The first kappa shape index (κ1) is 16.3. The summed E-state index contributed by atoms with van der Waals surface area (Å²) in [5, 5.41) is 4.08. The lowest BCUT2D eigenvalue weighted by Crippen LogP contribution is -2.33. The van der Waals surface area contributed by atoms with Crippen molar-refractivity contribution in [3.8, 4) is 0 Å². The molecule has 0 aromatic heterocycles. The number of nitrogens with one attached hydrogen (secondary N) is 1. The van der Waals surface area contributed by atoms with Crippen molar-refractivity contribution in [2.45, 2.75) is 32.7 Å². The molecule has 0 saturated heterocycles. The molecule has 2 atom stereocenters. The van der Waals surface area contributed by atoms with Crippen LogP contribution in [0, 0.1) is 5.92 Å². The molecule has 106 valence electrons. The minimum Gasteiger partial charge on any atom is -0.356 e. The summed E-state index contributed by atoms with van der Waals surface area (Å²) >= 11 is 11.9. The van der Waals surface area contributed by atoms with Crippen LogP contribution < -0.4 is 11.1 Å². The summed E-state index contributed by atoms with van der Waals surface area (Å²) < 4.78 is 0. The van der Waals surface area contributed by atoms with Gasteiger partial charge in [-0.15, -0.1) is 0 Å². The normalized spacial score (nSPS) is 13.9. The van der Waals surface area contributed by atoms with Gasteiger partial charge in [0.15, 0.2) is 0 Å². The predicted octanol–water partition coefficient (Wildman–Crippen LogP) is 3.03. The fraction of sp³-hybridized carbons (Fsp3) is 0.500. The predicted molar refractivity (Wildman–Crippen MR) is 80.6 cm³/mol. The highest BCUT2D eigenvalue weighted by Gasteiger charge is 2.15. The SMILES string of the molecule is CC(N)CCNC(=O)C(C)Cc1ccc(Cl)cc1Cl. The number of carbonyl (C=O) groups is 1. The number of nitrogens with two attached hydrogens (primary N) is 1. The number of hydrogen-bond acceptors (Lipinski definition) is 2. The molecule has 1 aromatic carbocycles. The van der Waals surface area contributed by atoms with Crippen molar-refractivity contribution in [1.29, 1.82) is 0 Å². The van der Waals surface area contributed by atoms with Crippen molar-refractivity contribution in [3.63, 3.8) is 0 Å². The molecule has 0 aliphatic rings. The molecular weight excluding hydrogens is 283 g/mol. The van der Waals surface area contributed by atoms with E-state index in [9.17, 15) is 4.79 Å². The zero-order chi connectivity index (χ0) is 14.4. The standard InChI is InChI=1S/C14H20Cl2N2O/c1-9(14(19)18-6-5-10(2)17)7-11-3-4-12(15)8-13(11)16/h3-4,8-10H,5-7,17H2,1-2H3,(H,18,19). The number of hydrogen-bond donors (Lipinski definition) is 2. The Morgan fingerprint density at radius 1 is 1.37 bits per heavy atom. The second kappa shape index (κ2) is 7.73. The Balaban J connectivity index is 2.49. The summed E-state index contributed by atoms with van der Waals surface area (Å²) in [5.41, 5.74) is 6.56. The van der Waals surface area contributed by atoms with Crippen molar-refractivity contribution < 1.29 is 4.79 Å². The lowest BCUT2D eigenvalue weighted by atomic mass is 10.0. The molecule has 3 N–H and O–H groups in total. The number of benzene rings is 1. The lowest BCUT2D eigenvalue weighted by molar-refractivity contribution is -0.124. The molecule has 1 rings (SSSR count). The number of amides is 1. The molecule has 19 heavy (non-hydrogen) atoms. The molecular formula is C14H20Cl2N2O. The quantitative estimate of drug-likeness (QED) is 0.848. The van der Waals surface area contributed by atoms with Crippen molar-refractivity contribution in [2.24, 2.45) is 11.7 Å². The van der Waals surface area contributed by atoms with Crippen LogP contribution in [-0.2, 0) is 11.2 Å². The smallest absolute Gasteiger partial charge is 0.223 e. The van der Waals surface area contributed by atoms with Crippen LogP contribution >= 0.6 is 23.2 Å². The van der Waals surface area contributed by atoms with E-state index in [0.29, 0.717) is 23.0 Å². The summed E-state index contributed by atoms with van der Waals surface area (Å²) in [7, 11) is 0. The molecule has 0 aliphatic carbocycles. The van der Waals surface area contributed by atoms with Gasteiger partial charge in [-0.25, -0.2) is 0 Å². The van der Waals surface area contributed by atoms with Gasteiger partial charge in [-0.3, -0.25) is 4.79 Å². The van der Waals surface area contributed by atoms with E-state index in [0.717, 1.165) is 12.0 Å². The second-order valence-corrected chi connectivity index (χ2v) is 5.74. The van der Waals surface area contributed by atoms with Crippen LogP contribution in [0.5, 0.6) is 0 Å². The van der Waals surface area contributed by atoms with Gasteiger partial charge in [0, 0.05) is 28.5 Å². The monoisotopic (exact) mass is 302 g/mol. The Morgan fingerprint density at radius 3 is 2.63 bits per heavy atom. The second-order valence-electron chi connectivity index (χ2n) is 4.90. The van der Waals surface area contributed by atoms with Crippen LogP contribution in [0.3, 0.4) is 0 Å². The molecule has 2 unspecified atom stereocenters. The Bertz CT molecular complexity index is 435. The van der Waals surface area contributed by atoms with Crippen molar-refractivity contribution in [2.75, 3.05) is 6.54 Å². The minimum absolute atomic E-state index is 0.0201. The highest BCUT2D eigenvalue weighted by molar-refractivity contribution is 6.35. The molecule has 1 aromatic rings. The van der Waals surface area contributed by atoms with Gasteiger partial charge in [-0.2, -0.15) is 0 Å². The molecule has 0 radical (unpaired) electrons. The van der Waals surface area contributed by atoms with Crippen LogP contribution in [0.25, 0.3) is 0 Å². The highest BCUT2D eigenvalue weighted by Crippen LogP contribution is 2.23. The summed E-state index contributed by atoms with van der Waals surface area (Å²) in [4.78, 5) is 11.9. The van der Waals surface area contributed by atoms with E-state index in [1.165, 1.54) is 0 Å². The van der Waals surface area contributed by atoms with Crippen LogP contribution in [0.15, 0.2) is 18.2 Å². The first-order valence-corrected chi connectivity index (χ1v) is 7.13. The van der Waals surface area contributed by atoms with Crippen LogP contribution in [0.2, 0.25) is 10.0 Å². The molecule has 0 saturated carbocycles. The minimum atomic E-state index is -0.133. The van der Waals surface area contributed by atoms with Gasteiger partial charge in [0.05, 0.1) is 0 Å². The molecule has 0 heterocycles. The van der Waals surface area contributed by atoms with E-state index in [1.807, 2.05) is 19.9 Å². The summed E-state index contributed by atoms with van der Waals surface area (Å²) in [6.45, 7) is 4.41. The first-order valence-electron chi connectivity index (χ1n) is 6.37.